The van der Waals surface area contributed by atoms with Gasteiger partial charge in [0.05, 0.1) is 17.2 Å². The Balaban J connectivity index is 1.64. The van der Waals surface area contributed by atoms with Gasteiger partial charge in [-0.1, -0.05) is 12.1 Å². The highest BCUT2D eigenvalue weighted by Crippen LogP contribution is 2.27. The minimum atomic E-state index is 0.140. The second-order valence-corrected chi connectivity index (χ2v) is 7.51. The summed E-state index contributed by atoms with van der Waals surface area (Å²) < 4.78 is 5.79. The maximum Gasteiger partial charge on any atom is 0.256 e. The molecule has 2 aliphatic heterocycles. The second-order valence-electron chi connectivity index (χ2n) is 6.36. The van der Waals surface area contributed by atoms with Crippen molar-refractivity contribution in [3.63, 3.8) is 0 Å². The van der Waals surface area contributed by atoms with Crippen molar-refractivity contribution in [1.82, 2.24) is 9.88 Å². The average molecular weight is 330 g/mol. The van der Waals surface area contributed by atoms with Crippen molar-refractivity contribution in [2.24, 2.45) is 0 Å². The fourth-order valence-corrected chi connectivity index (χ4v) is 4.82. The van der Waals surface area contributed by atoms with Crippen LogP contribution in [0.2, 0.25) is 0 Å². The normalized spacial score (nSPS) is 24.3. The van der Waals surface area contributed by atoms with Crippen LogP contribution in [0.5, 0.6) is 0 Å². The number of fused-ring (bicyclic) bond motifs is 1. The first-order valence-electron chi connectivity index (χ1n) is 8.39. The molecular formula is C18H22N2O2S. The van der Waals surface area contributed by atoms with Gasteiger partial charge < -0.3 is 14.6 Å². The van der Waals surface area contributed by atoms with E-state index < -0.39 is 0 Å². The summed E-state index contributed by atoms with van der Waals surface area (Å²) in [5.74, 6) is 2.33. The second kappa shape index (κ2) is 6.57. The third-order valence-electron chi connectivity index (χ3n) is 4.85. The van der Waals surface area contributed by atoms with Gasteiger partial charge in [-0.05, 0) is 37.1 Å². The first-order valence-corrected chi connectivity index (χ1v) is 9.55. The number of aromatic nitrogens is 1. The lowest BCUT2D eigenvalue weighted by atomic mass is 10.1. The molecule has 1 amide bonds. The Labute approximate surface area is 140 Å². The molecule has 2 aliphatic rings. The Morgan fingerprint density at radius 3 is 3.09 bits per heavy atom. The van der Waals surface area contributed by atoms with Crippen LogP contribution in [-0.2, 0) is 4.74 Å². The maximum atomic E-state index is 13.3. The maximum absolute atomic E-state index is 13.3. The summed E-state index contributed by atoms with van der Waals surface area (Å²) in [5, 5.41) is 1.09. The van der Waals surface area contributed by atoms with Gasteiger partial charge in [0.15, 0.2) is 0 Å². The number of benzene rings is 1. The van der Waals surface area contributed by atoms with Crippen LogP contribution < -0.4 is 0 Å². The van der Waals surface area contributed by atoms with Crippen LogP contribution in [0.4, 0.5) is 0 Å². The molecule has 1 N–H and O–H groups in total. The van der Waals surface area contributed by atoms with E-state index in [2.05, 4.69) is 9.88 Å². The van der Waals surface area contributed by atoms with Gasteiger partial charge in [0.25, 0.3) is 5.91 Å². The number of carbonyl (C=O) groups is 1. The molecule has 4 nitrogen and oxygen atoms in total. The smallest absolute Gasteiger partial charge is 0.256 e. The Hall–Kier alpha value is -1.46. The lowest BCUT2D eigenvalue weighted by molar-refractivity contribution is 0.0443. The van der Waals surface area contributed by atoms with E-state index in [9.17, 15) is 4.79 Å². The van der Waals surface area contributed by atoms with Gasteiger partial charge in [-0.3, -0.25) is 4.79 Å². The molecule has 3 heterocycles. The number of nitrogens with zero attached hydrogens (tertiary/aromatic N) is 1. The van der Waals surface area contributed by atoms with Gasteiger partial charge >= 0.3 is 0 Å². The number of thioether (sulfide) groups is 1. The van der Waals surface area contributed by atoms with Crippen LogP contribution in [-0.4, -0.2) is 52.6 Å². The molecule has 0 bridgehead atoms. The monoisotopic (exact) mass is 330 g/mol. The van der Waals surface area contributed by atoms with Gasteiger partial charge in [-0.2, -0.15) is 11.8 Å². The molecule has 2 atom stereocenters. The molecule has 23 heavy (non-hydrogen) atoms. The van der Waals surface area contributed by atoms with Gasteiger partial charge in [0, 0.05) is 36.5 Å². The third kappa shape index (κ3) is 3.00. The lowest BCUT2D eigenvalue weighted by Gasteiger charge is -2.31. The van der Waals surface area contributed by atoms with Gasteiger partial charge in [-0.15, -0.1) is 0 Å². The fraction of sp³-hybridized carbons (Fsp3) is 0.500. The number of ether oxygens (including phenoxy) is 1. The van der Waals surface area contributed by atoms with E-state index in [1.165, 1.54) is 0 Å². The number of hydrogen-bond acceptors (Lipinski definition) is 3. The molecule has 2 fully saturated rings. The summed E-state index contributed by atoms with van der Waals surface area (Å²) >= 11 is 1.94. The molecule has 1 aromatic heterocycles. The summed E-state index contributed by atoms with van der Waals surface area (Å²) in [6, 6.07) is 8.30. The minimum Gasteiger partial charge on any atom is -0.376 e. The van der Waals surface area contributed by atoms with Crippen LogP contribution >= 0.6 is 11.8 Å². The van der Waals surface area contributed by atoms with Crippen LogP contribution in [0.15, 0.2) is 30.5 Å². The predicted octanol–water partition coefficient (Wildman–Crippen LogP) is 3.29. The van der Waals surface area contributed by atoms with Crippen molar-refractivity contribution in [1.29, 1.82) is 0 Å². The van der Waals surface area contributed by atoms with Gasteiger partial charge in [0.2, 0.25) is 0 Å². The summed E-state index contributed by atoms with van der Waals surface area (Å²) in [6.45, 7) is 1.56. The predicted molar refractivity (Wildman–Crippen MR) is 94.0 cm³/mol. The number of rotatable bonds is 4. The Morgan fingerprint density at radius 2 is 2.30 bits per heavy atom. The van der Waals surface area contributed by atoms with Crippen molar-refractivity contribution < 1.29 is 9.53 Å². The van der Waals surface area contributed by atoms with E-state index in [1.807, 2.05) is 42.2 Å². The number of para-hydroxylation sites is 1. The van der Waals surface area contributed by atoms with E-state index in [0.717, 1.165) is 60.4 Å². The van der Waals surface area contributed by atoms with Crippen molar-refractivity contribution in [2.75, 3.05) is 24.7 Å². The zero-order valence-corrected chi connectivity index (χ0v) is 14.0. The molecule has 0 unspecified atom stereocenters. The minimum absolute atomic E-state index is 0.140. The highest BCUT2D eigenvalue weighted by Gasteiger charge is 2.31. The Morgan fingerprint density at radius 1 is 1.35 bits per heavy atom. The fourth-order valence-electron chi connectivity index (χ4n) is 3.59. The van der Waals surface area contributed by atoms with Crippen LogP contribution in [0, 0.1) is 0 Å². The van der Waals surface area contributed by atoms with E-state index in [1.54, 1.807) is 0 Å². The van der Waals surface area contributed by atoms with Crippen LogP contribution in [0.25, 0.3) is 10.9 Å². The molecule has 2 aromatic rings. The van der Waals surface area contributed by atoms with E-state index in [4.69, 9.17) is 4.74 Å². The van der Waals surface area contributed by atoms with Crippen molar-refractivity contribution in [3.05, 3.63) is 36.0 Å². The number of aromatic amines is 1. The average Bonchev–Trinajstić information content (AvgIpc) is 3.33. The Bertz CT molecular complexity index is 687. The quantitative estimate of drug-likeness (QED) is 0.935. The van der Waals surface area contributed by atoms with Crippen molar-refractivity contribution in [2.45, 2.75) is 31.4 Å². The largest absolute Gasteiger partial charge is 0.376 e. The molecular weight excluding hydrogens is 308 g/mol. The number of amides is 1. The highest BCUT2D eigenvalue weighted by atomic mass is 32.2. The van der Waals surface area contributed by atoms with Crippen LogP contribution in [0.3, 0.4) is 0 Å². The molecule has 122 valence electrons. The van der Waals surface area contributed by atoms with E-state index in [-0.39, 0.29) is 12.0 Å². The van der Waals surface area contributed by atoms with Crippen LogP contribution in [0.1, 0.15) is 29.6 Å². The lowest BCUT2D eigenvalue weighted by Crippen LogP contribution is -2.44. The van der Waals surface area contributed by atoms with E-state index >= 15 is 0 Å². The number of nitrogens with one attached hydrogen (secondary N) is 1. The molecule has 1 aromatic carbocycles. The molecule has 0 spiro atoms. The van der Waals surface area contributed by atoms with Gasteiger partial charge in [-0.25, -0.2) is 0 Å². The summed E-state index contributed by atoms with van der Waals surface area (Å²) in [7, 11) is 0. The third-order valence-corrected chi connectivity index (χ3v) is 5.99. The molecule has 2 saturated heterocycles. The van der Waals surface area contributed by atoms with Crippen molar-refractivity contribution >= 4 is 28.6 Å². The first-order chi connectivity index (χ1) is 11.3. The zero-order valence-electron chi connectivity index (χ0n) is 13.2. The van der Waals surface area contributed by atoms with Gasteiger partial charge in [0.1, 0.15) is 0 Å². The molecule has 4 rings (SSSR count). The number of H-pyrrole nitrogens is 1. The molecule has 0 saturated carbocycles. The SMILES string of the molecule is O=C(c1cccc2cc[nH]c12)N(C[C@H]1CCCO1)[C@@H]1CCSC1. The number of hydrogen-bond donors (Lipinski definition) is 1. The van der Waals surface area contributed by atoms with E-state index in [0.29, 0.717) is 6.04 Å². The summed E-state index contributed by atoms with van der Waals surface area (Å²) in [6.07, 6.45) is 5.36. The molecule has 0 aliphatic carbocycles. The molecule has 5 heteroatoms. The summed E-state index contributed by atoms with van der Waals surface area (Å²) in [5.41, 5.74) is 1.72. The first kappa shape index (κ1) is 15.1. The Kier molecular flexibility index (Phi) is 4.31. The standard InChI is InChI=1S/C18H22N2O2S/c21-18(16-5-1-3-13-6-8-19-17(13)16)20(14-7-10-23-12-14)11-15-4-2-9-22-15/h1,3,5-6,8,14-15,19H,2,4,7,9-12H2/t14-,15-/m1/s1. The topological polar surface area (TPSA) is 45.3 Å². The summed E-state index contributed by atoms with van der Waals surface area (Å²) in [4.78, 5) is 18.6. The highest BCUT2D eigenvalue weighted by molar-refractivity contribution is 7.99. The number of carbonyl (C=O) groups excluding carboxylic acids is 1. The van der Waals surface area contributed by atoms with Crippen molar-refractivity contribution in [3.8, 4) is 0 Å². The molecule has 0 radical (unpaired) electrons. The zero-order chi connectivity index (χ0) is 15.6.